The van der Waals surface area contributed by atoms with Crippen molar-refractivity contribution in [1.29, 1.82) is 0 Å². The van der Waals surface area contributed by atoms with Gasteiger partial charge >= 0.3 is 5.97 Å². The molecule has 6 heteroatoms. The van der Waals surface area contributed by atoms with Gasteiger partial charge in [0.15, 0.2) is 17.6 Å². The smallest absolute Gasteiger partial charge is 0.308 e. The average Bonchev–Trinajstić information content (AvgIpc) is 2.73. The molecule has 1 saturated heterocycles. The Morgan fingerprint density at radius 1 is 1.07 bits per heavy atom. The zero-order valence-corrected chi connectivity index (χ0v) is 17.3. The quantitative estimate of drug-likeness (QED) is 0.650. The number of benzene rings is 1. The SMILES string of the molecule is O=C(OCC1CCC[NH+](CC2COc3ccccc3O2)C1)C1CCCCC1.[Cl-]. The number of carbonyl (C=O) groups is 1. The molecule has 2 heterocycles. The highest BCUT2D eigenvalue weighted by Gasteiger charge is 2.30. The topological polar surface area (TPSA) is 49.2 Å². The van der Waals surface area contributed by atoms with Gasteiger partial charge in [0.2, 0.25) is 0 Å². The number of likely N-dealkylation sites (tertiary alicyclic amines) is 1. The molecule has 1 N–H and O–H groups in total. The van der Waals surface area contributed by atoms with E-state index in [9.17, 15) is 4.79 Å². The molecule has 1 aromatic rings. The molecule has 3 aliphatic rings. The number of carbonyl (C=O) groups excluding carboxylic acids is 1. The summed E-state index contributed by atoms with van der Waals surface area (Å²) in [6.45, 7) is 4.36. The molecule has 0 aromatic heterocycles. The molecule has 156 valence electrons. The maximum atomic E-state index is 12.3. The second-order valence-electron chi connectivity index (χ2n) is 8.38. The highest BCUT2D eigenvalue weighted by Crippen LogP contribution is 2.30. The van der Waals surface area contributed by atoms with Crippen molar-refractivity contribution in [3.8, 4) is 11.5 Å². The molecule has 0 spiro atoms. The number of para-hydroxylation sites is 2. The van der Waals surface area contributed by atoms with Crippen LogP contribution in [0.5, 0.6) is 11.5 Å². The molecule has 3 unspecified atom stereocenters. The standard InChI is InChI=1S/C22H31NO4.ClH/c24-22(18-8-2-1-3-9-18)26-15-17-7-6-12-23(13-17)14-19-16-25-20-10-4-5-11-21(20)27-19;/h4-5,10-11,17-19H,1-3,6-9,12-16H2;1H. The maximum absolute atomic E-state index is 12.3. The van der Waals surface area contributed by atoms with E-state index in [1.807, 2.05) is 24.3 Å². The highest BCUT2D eigenvalue weighted by molar-refractivity contribution is 5.72. The third kappa shape index (κ3) is 5.54. The molecule has 28 heavy (non-hydrogen) atoms. The molecule has 0 amide bonds. The summed E-state index contributed by atoms with van der Waals surface area (Å²) in [4.78, 5) is 13.8. The predicted octanol–water partition coefficient (Wildman–Crippen LogP) is -0.751. The van der Waals surface area contributed by atoms with Crippen LogP contribution in [0.15, 0.2) is 24.3 Å². The van der Waals surface area contributed by atoms with Gasteiger partial charge in [-0.25, -0.2) is 0 Å². The molecule has 0 bridgehead atoms. The molecule has 1 aromatic carbocycles. The molecular weight excluding hydrogens is 378 g/mol. The van der Waals surface area contributed by atoms with Crippen LogP contribution in [0.1, 0.15) is 44.9 Å². The van der Waals surface area contributed by atoms with E-state index >= 15 is 0 Å². The van der Waals surface area contributed by atoms with Crippen molar-refractivity contribution < 1.29 is 36.3 Å². The van der Waals surface area contributed by atoms with Gasteiger partial charge < -0.3 is 31.5 Å². The first-order chi connectivity index (χ1) is 13.3. The highest BCUT2D eigenvalue weighted by atomic mass is 35.5. The van der Waals surface area contributed by atoms with E-state index in [1.165, 1.54) is 30.6 Å². The number of rotatable bonds is 5. The van der Waals surface area contributed by atoms with Crippen LogP contribution in [0.4, 0.5) is 0 Å². The van der Waals surface area contributed by atoms with Crippen LogP contribution in [0, 0.1) is 11.8 Å². The lowest BCUT2D eigenvalue weighted by Crippen LogP contribution is -3.15. The minimum Gasteiger partial charge on any atom is -1.00 e. The van der Waals surface area contributed by atoms with E-state index in [-0.39, 0.29) is 30.4 Å². The van der Waals surface area contributed by atoms with E-state index in [0.29, 0.717) is 19.1 Å². The Morgan fingerprint density at radius 2 is 1.86 bits per heavy atom. The van der Waals surface area contributed by atoms with Crippen molar-refractivity contribution in [2.24, 2.45) is 11.8 Å². The monoisotopic (exact) mass is 409 g/mol. The van der Waals surface area contributed by atoms with E-state index in [4.69, 9.17) is 14.2 Å². The third-order valence-corrected chi connectivity index (χ3v) is 6.20. The largest absolute Gasteiger partial charge is 1.00 e. The number of quaternary nitrogens is 1. The number of fused-ring (bicyclic) bond motifs is 1. The summed E-state index contributed by atoms with van der Waals surface area (Å²) in [5, 5.41) is 0. The molecule has 3 atom stereocenters. The summed E-state index contributed by atoms with van der Waals surface area (Å²) in [6.07, 6.45) is 8.09. The van der Waals surface area contributed by atoms with Gasteiger partial charge in [-0.15, -0.1) is 0 Å². The molecule has 1 saturated carbocycles. The Balaban J connectivity index is 0.00000225. The summed E-state index contributed by atoms with van der Waals surface area (Å²) in [5.74, 6) is 2.36. The molecule has 5 nitrogen and oxygen atoms in total. The van der Waals surface area contributed by atoms with Crippen molar-refractivity contribution in [3.63, 3.8) is 0 Å². The summed E-state index contributed by atoms with van der Waals surface area (Å²) in [7, 11) is 0. The van der Waals surface area contributed by atoms with Gasteiger partial charge in [0, 0.05) is 5.92 Å². The van der Waals surface area contributed by atoms with Crippen molar-refractivity contribution >= 4 is 5.97 Å². The van der Waals surface area contributed by atoms with Gasteiger partial charge in [-0.05, 0) is 37.8 Å². The lowest BCUT2D eigenvalue weighted by Gasteiger charge is -2.33. The second kappa shape index (κ2) is 10.4. The fraction of sp³-hybridized carbons (Fsp3) is 0.682. The fourth-order valence-electron chi connectivity index (χ4n) is 4.72. The first kappa shape index (κ1) is 21.3. The molecule has 2 aliphatic heterocycles. The van der Waals surface area contributed by atoms with Gasteiger partial charge in [-0.3, -0.25) is 4.79 Å². The van der Waals surface area contributed by atoms with E-state index in [0.717, 1.165) is 50.4 Å². The van der Waals surface area contributed by atoms with E-state index < -0.39 is 0 Å². The van der Waals surface area contributed by atoms with Gasteiger partial charge in [-0.2, -0.15) is 0 Å². The number of hydrogen-bond acceptors (Lipinski definition) is 4. The second-order valence-corrected chi connectivity index (χ2v) is 8.38. The summed E-state index contributed by atoms with van der Waals surface area (Å²) in [6, 6.07) is 7.88. The van der Waals surface area contributed by atoms with Crippen LogP contribution in [-0.2, 0) is 9.53 Å². The van der Waals surface area contributed by atoms with Crippen LogP contribution in [-0.4, -0.2) is 44.9 Å². The van der Waals surface area contributed by atoms with Crippen molar-refractivity contribution in [1.82, 2.24) is 0 Å². The van der Waals surface area contributed by atoms with Crippen LogP contribution < -0.4 is 26.8 Å². The van der Waals surface area contributed by atoms with Gasteiger partial charge in [-0.1, -0.05) is 31.4 Å². The zero-order valence-electron chi connectivity index (χ0n) is 16.5. The van der Waals surface area contributed by atoms with Crippen molar-refractivity contribution in [3.05, 3.63) is 24.3 Å². The third-order valence-electron chi connectivity index (χ3n) is 6.20. The van der Waals surface area contributed by atoms with Crippen LogP contribution in [0.3, 0.4) is 0 Å². The number of piperidine rings is 1. The Bertz CT molecular complexity index is 635. The number of halogens is 1. The minimum atomic E-state index is 0. The van der Waals surface area contributed by atoms with E-state index in [2.05, 4.69) is 0 Å². The molecule has 2 fully saturated rings. The van der Waals surface area contributed by atoms with Crippen LogP contribution in [0.25, 0.3) is 0 Å². The lowest BCUT2D eigenvalue weighted by molar-refractivity contribution is -0.911. The first-order valence-corrected chi connectivity index (χ1v) is 10.7. The molecule has 0 radical (unpaired) electrons. The molecule has 4 rings (SSSR count). The molecule has 1 aliphatic carbocycles. The fourth-order valence-corrected chi connectivity index (χ4v) is 4.72. The normalized spacial score (nSPS) is 27.5. The van der Waals surface area contributed by atoms with Crippen molar-refractivity contribution in [2.45, 2.75) is 51.0 Å². The van der Waals surface area contributed by atoms with E-state index in [1.54, 1.807) is 0 Å². The summed E-state index contributed by atoms with van der Waals surface area (Å²) < 4.78 is 17.7. The Hall–Kier alpha value is -1.46. The minimum absolute atomic E-state index is 0. The van der Waals surface area contributed by atoms with Crippen molar-refractivity contribution in [2.75, 3.05) is 32.8 Å². The zero-order chi connectivity index (χ0) is 18.5. The molecular formula is C22H32ClNO4. The number of esters is 1. The Morgan fingerprint density at radius 3 is 2.68 bits per heavy atom. The Labute approximate surface area is 174 Å². The van der Waals surface area contributed by atoms with Crippen LogP contribution >= 0.6 is 0 Å². The lowest BCUT2D eigenvalue weighted by atomic mass is 9.89. The van der Waals surface area contributed by atoms with Crippen LogP contribution in [0.2, 0.25) is 0 Å². The maximum Gasteiger partial charge on any atom is 0.308 e. The predicted molar refractivity (Wildman–Crippen MR) is 102 cm³/mol. The summed E-state index contributed by atoms with van der Waals surface area (Å²) >= 11 is 0. The first-order valence-electron chi connectivity index (χ1n) is 10.7. The van der Waals surface area contributed by atoms with Gasteiger partial charge in [0.25, 0.3) is 0 Å². The Kier molecular flexibility index (Phi) is 7.86. The number of ether oxygens (including phenoxy) is 3. The average molecular weight is 410 g/mol. The number of nitrogens with one attached hydrogen (secondary N) is 1. The summed E-state index contributed by atoms with van der Waals surface area (Å²) in [5.41, 5.74) is 0. The van der Waals surface area contributed by atoms with Gasteiger partial charge in [0.1, 0.15) is 13.2 Å². The van der Waals surface area contributed by atoms with Gasteiger partial charge in [0.05, 0.1) is 25.6 Å². The number of hydrogen-bond donors (Lipinski definition) is 1.